The van der Waals surface area contributed by atoms with E-state index in [1.807, 2.05) is 24.3 Å². The Morgan fingerprint density at radius 1 is 0.328 bits per heavy atom. The Kier molecular flexibility index (Phi) is 7.54. The van der Waals surface area contributed by atoms with Crippen LogP contribution in [-0.2, 0) is 5.41 Å². The van der Waals surface area contributed by atoms with E-state index >= 15 is 0 Å². The molecule has 61 heavy (non-hydrogen) atoms. The van der Waals surface area contributed by atoms with Gasteiger partial charge in [0.05, 0.1) is 5.41 Å². The van der Waals surface area contributed by atoms with Gasteiger partial charge in [-0.1, -0.05) is 133 Å². The monoisotopic (exact) mass is 772 g/mol. The van der Waals surface area contributed by atoms with Crippen LogP contribution in [0.3, 0.4) is 0 Å². The van der Waals surface area contributed by atoms with E-state index in [0.717, 1.165) is 44.5 Å². The summed E-state index contributed by atoms with van der Waals surface area (Å²) >= 11 is 0. The highest BCUT2D eigenvalue weighted by molar-refractivity contribution is 6.18. The first-order chi connectivity index (χ1) is 30.1. The molecule has 0 bridgehead atoms. The number of nitrogens with zero attached hydrogens (tertiary/aromatic N) is 4. The van der Waals surface area contributed by atoms with Crippen molar-refractivity contribution in [1.82, 2.24) is 9.97 Å². The van der Waals surface area contributed by atoms with E-state index in [4.69, 9.17) is 0 Å². The summed E-state index contributed by atoms with van der Waals surface area (Å²) in [6, 6.07) is 70.1. The zero-order valence-electron chi connectivity index (χ0n) is 32.8. The van der Waals surface area contributed by atoms with E-state index in [9.17, 15) is 10.5 Å². The molecule has 0 saturated heterocycles. The molecule has 0 radical (unpaired) electrons. The molecule has 0 atom stereocenters. The van der Waals surface area contributed by atoms with E-state index in [1.165, 1.54) is 66.1 Å². The number of fused-ring (bicyclic) bond motifs is 14. The minimum Gasteiger partial charge on any atom is -0.246 e. The van der Waals surface area contributed by atoms with Crippen LogP contribution >= 0.6 is 0 Å². The van der Waals surface area contributed by atoms with Crippen LogP contribution in [0, 0.1) is 22.7 Å². The summed E-state index contributed by atoms with van der Waals surface area (Å²) in [5, 5.41) is 24.1. The van der Waals surface area contributed by atoms with E-state index < -0.39 is 5.41 Å². The Balaban J connectivity index is 1.20. The lowest BCUT2D eigenvalue weighted by Gasteiger charge is -2.31. The summed E-state index contributed by atoms with van der Waals surface area (Å²) in [4.78, 5) is 8.48. The summed E-state index contributed by atoms with van der Waals surface area (Å²) < 4.78 is 0. The summed E-state index contributed by atoms with van der Waals surface area (Å²) in [5.74, 6) is 0. The minimum absolute atomic E-state index is 0.396. The fraction of sp³-hybridized carbons (Fsp3) is 0.0175. The number of benzene rings is 8. The Labute approximate surface area is 353 Å². The molecule has 280 valence electrons. The number of pyridine rings is 2. The zero-order valence-corrected chi connectivity index (χ0v) is 32.8. The maximum absolute atomic E-state index is 9.67. The van der Waals surface area contributed by atoms with Gasteiger partial charge in [0, 0.05) is 12.4 Å². The molecule has 4 nitrogen and oxygen atoms in total. The predicted molar refractivity (Wildman–Crippen MR) is 245 cm³/mol. The lowest BCUT2D eigenvalue weighted by atomic mass is 9.69. The second kappa shape index (κ2) is 13.3. The summed E-state index contributed by atoms with van der Waals surface area (Å²) in [6.45, 7) is 0. The second-order valence-corrected chi connectivity index (χ2v) is 15.9. The standard InChI is InChI=1S/C57H32N4/c58-33-41-29-37(23-25-60-41)35-11-9-13-39(27-35)49-31-53-55(47-19-3-1-15-43(47)49)56-48-20-4-2-16-44(48)50(40-14-10-12-36(28-40)38-24-26-61-42(30-38)34-59)32-54(56)57(53)51-21-7-5-17-45(51)46-18-6-8-22-52(46)57/h1-32H. The van der Waals surface area contributed by atoms with Crippen molar-refractivity contribution in [3.05, 3.63) is 228 Å². The van der Waals surface area contributed by atoms with Crippen molar-refractivity contribution >= 4 is 21.5 Å². The van der Waals surface area contributed by atoms with Crippen LogP contribution in [0.25, 0.3) is 88.3 Å². The molecule has 0 saturated carbocycles. The van der Waals surface area contributed by atoms with Gasteiger partial charge in [0.25, 0.3) is 0 Å². The van der Waals surface area contributed by atoms with Gasteiger partial charge in [-0.3, -0.25) is 0 Å². The average molecular weight is 773 g/mol. The third kappa shape index (κ3) is 4.97. The highest BCUT2D eigenvalue weighted by Gasteiger charge is 2.53. The van der Waals surface area contributed by atoms with Crippen LogP contribution in [-0.4, -0.2) is 9.97 Å². The number of hydrogen-bond acceptors (Lipinski definition) is 4. The predicted octanol–water partition coefficient (Wildman–Crippen LogP) is 13.5. The number of hydrogen-bond donors (Lipinski definition) is 0. The van der Waals surface area contributed by atoms with Crippen LogP contribution < -0.4 is 0 Å². The molecule has 2 aliphatic carbocycles. The maximum Gasteiger partial charge on any atom is 0.141 e. The van der Waals surface area contributed by atoms with Crippen LogP contribution in [0.5, 0.6) is 0 Å². The van der Waals surface area contributed by atoms with Gasteiger partial charge in [0.15, 0.2) is 0 Å². The molecule has 4 heteroatoms. The fourth-order valence-corrected chi connectivity index (χ4v) is 10.4. The Bertz CT molecular complexity index is 3350. The van der Waals surface area contributed by atoms with Gasteiger partial charge >= 0.3 is 0 Å². The molecule has 1 spiro atoms. The number of rotatable bonds is 4. The molecular formula is C57H32N4. The number of aromatic nitrogens is 2. The molecule has 0 unspecified atom stereocenters. The van der Waals surface area contributed by atoms with E-state index in [-0.39, 0.29) is 0 Å². The Morgan fingerprint density at radius 2 is 0.721 bits per heavy atom. The molecule has 2 heterocycles. The quantitative estimate of drug-likeness (QED) is 0.179. The Morgan fingerprint density at radius 3 is 1.18 bits per heavy atom. The third-order valence-electron chi connectivity index (χ3n) is 12.9. The first-order valence-electron chi connectivity index (χ1n) is 20.4. The van der Waals surface area contributed by atoms with Crippen molar-refractivity contribution in [2.75, 3.05) is 0 Å². The third-order valence-corrected chi connectivity index (χ3v) is 12.9. The van der Waals surface area contributed by atoms with Crippen molar-refractivity contribution < 1.29 is 0 Å². The molecule has 0 amide bonds. The van der Waals surface area contributed by atoms with Crippen molar-refractivity contribution in [3.8, 4) is 78.9 Å². The van der Waals surface area contributed by atoms with E-state index in [1.54, 1.807) is 12.4 Å². The van der Waals surface area contributed by atoms with E-state index in [2.05, 4.69) is 180 Å². The largest absolute Gasteiger partial charge is 0.246 e. The van der Waals surface area contributed by atoms with Gasteiger partial charge in [-0.25, -0.2) is 9.97 Å². The second-order valence-electron chi connectivity index (χ2n) is 15.9. The lowest BCUT2D eigenvalue weighted by molar-refractivity contribution is 0.795. The summed E-state index contributed by atoms with van der Waals surface area (Å²) in [7, 11) is 0. The highest BCUT2D eigenvalue weighted by Crippen LogP contribution is 2.66. The first kappa shape index (κ1) is 34.6. The fourth-order valence-electron chi connectivity index (χ4n) is 10.4. The van der Waals surface area contributed by atoms with E-state index in [0.29, 0.717) is 11.4 Å². The van der Waals surface area contributed by atoms with Crippen molar-refractivity contribution in [2.24, 2.45) is 0 Å². The molecule has 2 aliphatic rings. The van der Waals surface area contributed by atoms with Crippen LogP contribution in [0.1, 0.15) is 33.6 Å². The van der Waals surface area contributed by atoms with Crippen LogP contribution in [0.15, 0.2) is 194 Å². The molecular weight excluding hydrogens is 741 g/mol. The van der Waals surface area contributed by atoms with Gasteiger partial charge in [0.1, 0.15) is 23.5 Å². The van der Waals surface area contributed by atoms with Gasteiger partial charge in [0.2, 0.25) is 0 Å². The van der Waals surface area contributed by atoms with Gasteiger partial charge < -0.3 is 0 Å². The highest BCUT2D eigenvalue weighted by atomic mass is 14.7. The van der Waals surface area contributed by atoms with Gasteiger partial charge in [-0.2, -0.15) is 10.5 Å². The van der Waals surface area contributed by atoms with Crippen LogP contribution in [0.2, 0.25) is 0 Å². The van der Waals surface area contributed by atoms with Crippen molar-refractivity contribution in [3.63, 3.8) is 0 Å². The molecule has 10 aromatic rings. The summed E-state index contributed by atoms with van der Waals surface area (Å²) in [6.07, 6.45) is 3.42. The molecule has 12 rings (SSSR count). The molecule has 0 fully saturated rings. The smallest absolute Gasteiger partial charge is 0.141 e. The topological polar surface area (TPSA) is 73.4 Å². The molecule has 0 aliphatic heterocycles. The first-order valence-corrected chi connectivity index (χ1v) is 20.4. The minimum atomic E-state index is -0.621. The van der Waals surface area contributed by atoms with Gasteiger partial charge in [-0.15, -0.1) is 0 Å². The SMILES string of the molecule is N#Cc1cc(-c2cccc(-c3cc4c(c5ccccc35)-c3c(cc(-c5cccc(-c6ccnc(C#N)c6)c5)c5ccccc35)C43c4ccccc4-c4ccccc43)c2)ccn1. The Hall–Kier alpha value is -8.44. The van der Waals surface area contributed by atoms with Crippen molar-refractivity contribution in [2.45, 2.75) is 5.41 Å². The molecule has 2 aromatic heterocycles. The summed E-state index contributed by atoms with van der Waals surface area (Å²) in [5.41, 5.74) is 18.8. The normalized spacial score (nSPS) is 12.7. The molecule has 8 aromatic carbocycles. The van der Waals surface area contributed by atoms with Gasteiger partial charge in [-0.05, 0) is 159 Å². The number of nitriles is 2. The maximum atomic E-state index is 9.67. The zero-order chi connectivity index (χ0) is 40.7. The lowest BCUT2D eigenvalue weighted by Crippen LogP contribution is -2.26. The van der Waals surface area contributed by atoms with Crippen LogP contribution in [0.4, 0.5) is 0 Å². The van der Waals surface area contributed by atoms with Crippen molar-refractivity contribution in [1.29, 1.82) is 10.5 Å². The molecule has 0 N–H and O–H groups in total. The average Bonchev–Trinajstić information content (AvgIpc) is 3.81.